The van der Waals surface area contributed by atoms with E-state index in [0.717, 1.165) is 17.9 Å². The molecule has 106 valence electrons. The number of hydrogen-bond acceptors (Lipinski definition) is 2. The number of hydrogen-bond donors (Lipinski definition) is 1. The predicted octanol–water partition coefficient (Wildman–Crippen LogP) is 3.62. The second kappa shape index (κ2) is 4.62. The number of imidazole rings is 1. The normalized spacial score (nSPS) is 17.1. The van der Waals surface area contributed by atoms with Crippen LogP contribution >= 0.6 is 0 Å². The van der Waals surface area contributed by atoms with Crippen molar-refractivity contribution in [2.24, 2.45) is 5.41 Å². The Morgan fingerprint density at radius 2 is 2.20 bits per heavy atom. The number of carboxylic acids is 1. The van der Waals surface area contributed by atoms with Crippen molar-refractivity contribution in [2.75, 3.05) is 0 Å². The van der Waals surface area contributed by atoms with Gasteiger partial charge >= 0.3 is 5.97 Å². The summed E-state index contributed by atoms with van der Waals surface area (Å²) in [7, 11) is 0. The van der Waals surface area contributed by atoms with Gasteiger partial charge in [0.15, 0.2) is 0 Å². The molecule has 1 aliphatic rings. The van der Waals surface area contributed by atoms with E-state index in [2.05, 4.69) is 16.5 Å². The molecule has 1 aromatic carbocycles. The molecule has 0 atom stereocenters. The molecule has 0 saturated heterocycles. The number of para-hydroxylation sites is 1. The average molecular weight is 272 g/mol. The van der Waals surface area contributed by atoms with Crippen LogP contribution in [0.2, 0.25) is 0 Å². The SMILES string of the molecule is CCC1(Cn2c(C)nc3c(C(=O)O)cccc32)CCC1. The molecule has 0 bridgehead atoms. The van der Waals surface area contributed by atoms with Gasteiger partial charge < -0.3 is 9.67 Å². The first kappa shape index (κ1) is 13.2. The Hall–Kier alpha value is -1.84. The summed E-state index contributed by atoms with van der Waals surface area (Å²) in [5.41, 5.74) is 2.24. The van der Waals surface area contributed by atoms with E-state index in [9.17, 15) is 9.90 Å². The fraction of sp³-hybridized carbons (Fsp3) is 0.500. The standard InChI is InChI=1S/C16H20N2O2/c1-3-16(8-5-9-16)10-18-11(2)17-14-12(15(19)20)6-4-7-13(14)18/h4,6-7H,3,5,8-10H2,1-2H3,(H,19,20). The summed E-state index contributed by atoms with van der Waals surface area (Å²) in [5, 5.41) is 9.27. The summed E-state index contributed by atoms with van der Waals surface area (Å²) in [6.45, 7) is 5.17. The molecule has 1 aromatic heterocycles. The highest BCUT2D eigenvalue weighted by Crippen LogP contribution is 2.45. The van der Waals surface area contributed by atoms with Gasteiger partial charge in [0, 0.05) is 6.54 Å². The summed E-state index contributed by atoms with van der Waals surface area (Å²) >= 11 is 0. The van der Waals surface area contributed by atoms with Gasteiger partial charge in [-0.05, 0) is 43.7 Å². The number of carbonyl (C=O) groups is 1. The van der Waals surface area contributed by atoms with Crippen LogP contribution in [0.4, 0.5) is 0 Å². The second-order valence-corrected chi connectivity index (χ2v) is 5.93. The first-order valence-electron chi connectivity index (χ1n) is 7.25. The van der Waals surface area contributed by atoms with Crippen molar-refractivity contribution >= 4 is 17.0 Å². The zero-order valence-corrected chi connectivity index (χ0v) is 12.0. The van der Waals surface area contributed by atoms with Crippen LogP contribution in [0.5, 0.6) is 0 Å². The van der Waals surface area contributed by atoms with Crippen LogP contribution in [0.15, 0.2) is 18.2 Å². The second-order valence-electron chi connectivity index (χ2n) is 5.93. The first-order chi connectivity index (χ1) is 9.56. The van der Waals surface area contributed by atoms with Gasteiger partial charge in [-0.15, -0.1) is 0 Å². The number of aryl methyl sites for hydroxylation is 1. The van der Waals surface area contributed by atoms with Crippen molar-refractivity contribution in [1.29, 1.82) is 0 Å². The molecule has 1 heterocycles. The van der Waals surface area contributed by atoms with E-state index in [1.807, 2.05) is 19.1 Å². The van der Waals surface area contributed by atoms with Crippen LogP contribution in [0, 0.1) is 12.3 Å². The van der Waals surface area contributed by atoms with Gasteiger partial charge in [-0.1, -0.05) is 19.4 Å². The van der Waals surface area contributed by atoms with Gasteiger partial charge in [0.1, 0.15) is 11.3 Å². The van der Waals surface area contributed by atoms with E-state index in [4.69, 9.17) is 0 Å². The molecule has 20 heavy (non-hydrogen) atoms. The van der Waals surface area contributed by atoms with Crippen molar-refractivity contribution < 1.29 is 9.90 Å². The average Bonchev–Trinajstić information content (AvgIpc) is 2.69. The molecule has 1 saturated carbocycles. The van der Waals surface area contributed by atoms with Crippen LogP contribution in [0.25, 0.3) is 11.0 Å². The van der Waals surface area contributed by atoms with Crippen molar-refractivity contribution in [3.8, 4) is 0 Å². The monoisotopic (exact) mass is 272 g/mol. The Bertz CT molecular complexity index is 663. The summed E-state index contributed by atoms with van der Waals surface area (Å²) in [5.74, 6) is 0.00234. The van der Waals surface area contributed by atoms with Crippen molar-refractivity contribution in [3.05, 3.63) is 29.6 Å². The molecule has 0 amide bonds. The van der Waals surface area contributed by atoms with Crippen LogP contribution in [0.1, 0.15) is 48.8 Å². The molecule has 0 unspecified atom stereocenters. The number of benzene rings is 1. The lowest BCUT2D eigenvalue weighted by molar-refractivity contribution is 0.0699. The molecular weight excluding hydrogens is 252 g/mol. The topological polar surface area (TPSA) is 55.1 Å². The molecule has 1 aliphatic carbocycles. The van der Waals surface area contributed by atoms with Gasteiger partial charge in [0.25, 0.3) is 0 Å². The Morgan fingerprint density at radius 3 is 2.75 bits per heavy atom. The maximum atomic E-state index is 11.3. The highest BCUT2D eigenvalue weighted by Gasteiger charge is 2.36. The lowest BCUT2D eigenvalue weighted by Crippen LogP contribution is -2.33. The number of carboxylic acid groups (broad SMARTS) is 1. The van der Waals surface area contributed by atoms with E-state index < -0.39 is 5.97 Å². The van der Waals surface area contributed by atoms with E-state index in [1.165, 1.54) is 25.7 Å². The molecule has 0 radical (unpaired) electrons. The predicted molar refractivity (Wildman–Crippen MR) is 78.0 cm³/mol. The third kappa shape index (κ3) is 1.90. The quantitative estimate of drug-likeness (QED) is 0.924. The lowest BCUT2D eigenvalue weighted by Gasteiger charge is -2.42. The van der Waals surface area contributed by atoms with E-state index in [-0.39, 0.29) is 0 Å². The van der Waals surface area contributed by atoms with Gasteiger partial charge in [-0.25, -0.2) is 9.78 Å². The Kier molecular flexibility index (Phi) is 3.04. The highest BCUT2D eigenvalue weighted by atomic mass is 16.4. The van der Waals surface area contributed by atoms with Crippen LogP contribution in [0.3, 0.4) is 0 Å². The number of aromatic nitrogens is 2. The Balaban J connectivity index is 2.09. The molecule has 0 spiro atoms. The van der Waals surface area contributed by atoms with Crippen molar-refractivity contribution in [1.82, 2.24) is 9.55 Å². The minimum absolute atomic E-state index is 0.295. The summed E-state index contributed by atoms with van der Waals surface area (Å²) in [4.78, 5) is 15.8. The zero-order chi connectivity index (χ0) is 14.3. The molecule has 3 rings (SSSR count). The third-order valence-corrected chi connectivity index (χ3v) is 4.86. The first-order valence-corrected chi connectivity index (χ1v) is 7.25. The number of aromatic carboxylic acids is 1. The molecule has 1 fully saturated rings. The van der Waals surface area contributed by atoms with Gasteiger partial charge in [0.05, 0.1) is 11.1 Å². The Morgan fingerprint density at radius 1 is 1.45 bits per heavy atom. The lowest BCUT2D eigenvalue weighted by atomic mass is 9.67. The van der Waals surface area contributed by atoms with E-state index >= 15 is 0 Å². The molecule has 4 nitrogen and oxygen atoms in total. The number of rotatable bonds is 4. The van der Waals surface area contributed by atoms with Crippen LogP contribution < -0.4 is 0 Å². The largest absolute Gasteiger partial charge is 0.478 e. The summed E-state index contributed by atoms with van der Waals surface area (Å²) < 4.78 is 2.20. The Labute approximate surface area is 118 Å². The molecule has 2 aromatic rings. The van der Waals surface area contributed by atoms with Crippen LogP contribution in [-0.4, -0.2) is 20.6 Å². The maximum absolute atomic E-state index is 11.3. The van der Waals surface area contributed by atoms with Crippen molar-refractivity contribution in [3.63, 3.8) is 0 Å². The van der Waals surface area contributed by atoms with E-state index in [0.29, 0.717) is 16.5 Å². The molecule has 4 heteroatoms. The molecule has 1 N–H and O–H groups in total. The minimum atomic E-state index is -0.908. The summed E-state index contributed by atoms with van der Waals surface area (Å²) in [6, 6.07) is 5.41. The number of nitrogens with zero attached hydrogens (tertiary/aromatic N) is 2. The minimum Gasteiger partial charge on any atom is -0.478 e. The zero-order valence-electron chi connectivity index (χ0n) is 12.0. The smallest absolute Gasteiger partial charge is 0.337 e. The third-order valence-electron chi connectivity index (χ3n) is 4.86. The fourth-order valence-electron chi connectivity index (χ4n) is 3.27. The summed E-state index contributed by atoms with van der Waals surface area (Å²) in [6.07, 6.45) is 5.01. The fourth-order valence-corrected chi connectivity index (χ4v) is 3.27. The molecule has 0 aliphatic heterocycles. The molecular formula is C16H20N2O2. The van der Waals surface area contributed by atoms with Gasteiger partial charge in [-0.3, -0.25) is 0 Å². The van der Waals surface area contributed by atoms with E-state index in [1.54, 1.807) is 6.07 Å². The van der Waals surface area contributed by atoms with Gasteiger partial charge in [0.2, 0.25) is 0 Å². The van der Waals surface area contributed by atoms with Gasteiger partial charge in [-0.2, -0.15) is 0 Å². The van der Waals surface area contributed by atoms with Crippen LogP contribution in [-0.2, 0) is 6.54 Å². The maximum Gasteiger partial charge on any atom is 0.337 e. The number of fused-ring (bicyclic) bond motifs is 1. The highest BCUT2D eigenvalue weighted by molar-refractivity contribution is 6.01. The van der Waals surface area contributed by atoms with Crippen molar-refractivity contribution in [2.45, 2.75) is 46.1 Å².